The Bertz CT molecular complexity index is 601. The van der Waals surface area contributed by atoms with Crippen molar-refractivity contribution in [1.82, 2.24) is 0 Å². The van der Waals surface area contributed by atoms with E-state index in [0.717, 1.165) is 17.7 Å². The Balaban J connectivity index is 2.17. The van der Waals surface area contributed by atoms with Crippen LogP contribution in [0.3, 0.4) is 0 Å². The van der Waals surface area contributed by atoms with Crippen molar-refractivity contribution in [3.05, 3.63) is 30.3 Å². The van der Waals surface area contributed by atoms with Gasteiger partial charge in [-0.3, -0.25) is 0 Å². The maximum absolute atomic E-state index is 12.8. The van der Waals surface area contributed by atoms with E-state index in [1.54, 1.807) is 12.7 Å². The molecular weight excluding hydrogens is 379 g/mol. The lowest BCUT2D eigenvalue weighted by Gasteiger charge is -2.32. The molecule has 0 heterocycles. The topological polar surface area (TPSA) is 58.6 Å². The number of hydrogen-bond acceptors (Lipinski definition) is 5. The van der Waals surface area contributed by atoms with Gasteiger partial charge in [0.15, 0.2) is 5.49 Å². The Kier molecular flexibility index (Phi) is 9.84. The van der Waals surface area contributed by atoms with Crippen LogP contribution in [0, 0.1) is 5.92 Å². The molecule has 1 aromatic carbocycles. The molecule has 6 heteroatoms. The van der Waals surface area contributed by atoms with Crippen LogP contribution in [-0.2, 0) is 14.3 Å². The van der Waals surface area contributed by atoms with E-state index in [1.807, 2.05) is 37.3 Å². The average molecular weight is 411 g/mol. The number of benzene rings is 1. The third-order valence-electron chi connectivity index (χ3n) is 4.79. The van der Waals surface area contributed by atoms with E-state index >= 15 is 0 Å². The molecular formula is C21H31O4PS. The van der Waals surface area contributed by atoms with Crippen molar-refractivity contribution in [2.24, 2.45) is 5.92 Å². The molecule has 150 valence electrons. The first-order valence-corrected chi connectivity index (χ1v) is 12.4. The summed E-state index contributed by atoms with van der Waals surface area (Å²) in [5, 5.41) is 0. The quantitative estimate of drug-likeness (QED) is 0.320. The summed E-state index contributed by atoms with van der Waals surface area (Å²) in [5.74, 6) is 1.65. The summed E-state index contributed by atoms with van der Waals surface area (Å²) < 4.78 is 11.3. The Hall–Kier alpha value is -0.870. The van der Waals surface area contributed by atoms with Crippen LogP contribution in [0.1, 0.15) is 52.4 Å². The van der Waals surface area contributed by atoms with Gasteiger partial charge in [-0.15, -0.1) is 0 Å². The van der Waals surface area contributed by atoms with Crippen molar-refractivity contribution >= 4 is 31.3 Å². The molecule has 1 saturated carbocycles. The zero-order valence-corrected chi connectivity index (χ0v) is 18.1. The fourth-order valence-electron chi connectivity index (χ4n) is 3.60. The van der Waals surface area contributed by atoms with Gasteiger partial charge in [0.05, 0.1) is 14.4 Å². The first-order chi connectivity index (χ1) is 13.1. The minimum atomic E-state index is -1.71. The van der Waals surface area contributed by atoms with Crippen molar-refractivity contribution in [3.63, 3.8) is 0 Å². The van der Waals surface area contributed by atoms with E-state index in [4.69, 9.17) is 9.47 Å². The summed E-state index contributed by atoms with van der Waals surface area (Å²) in [6.07, 6.45) is 6.38. The fourth-order valence-corrected chi connectivity index (χ4v) is 6.10. The van der Waals surface area contributed by atoms with Gasteiger partial charge in [0, 0.05) is 11.5 Å². The van der Waals surface area contributed by atoms with Gasteiger partial charge in [0.1, 0.15) is 5.80 Å². The van der Waals surface area contributed by atoms with Gasteiger partial charge in [0.25, 0.3) is 0 Å². The third-order valence-corrected chi connectivity index (χ3v) is 7.64. The minimum absolute atomic E-state index is 0.293. The van der Waals surface area contributed by atoms with Crippen LogP contribution in [0.25, 0.3) is 0 Å². The van der Waals surface area contributed by atoms with Crippen LogP contribution in [0.15, 0.2) is 35.2 Å². The second-order valence-electron chi connectivity index (χ2n) is 6.88. The molecule has 1 aliphatic rings. The maximum atomic E-state index is 12.8. The molecule has 2 rings (SSSR count). The van der Waals surface area contributed by atoms with Crippen molar-refractivity contribution in [2.45, 2.75) is 62.9 Å². The van der Waals surface area contributed by atoms with E-state index < -0.39 is 19.3 Å². The number of hydrogen-bond donors (Lipinski definition) is 0. The molecule has 0 spiro atoms. The van der Waals surface area contributed by atoms with Gasteiger partial charge in [-0.05, 0) is 38.3 Å². The zero-order chi connectivity index (χ0) is 19.5. The third kappa shape index (κ3) is 7.23. The average Bonchev–Trinajstić information content (AvgIpc) is 2.68. The second kappa shape index (κ2) is 11.9. The lowest BCUT2D eigenvalue weighted by Crippen LogP contribution is -2.47. The highest BCUT2D eigenvalue weighted by Gasteiger charge is 2.44. The molecule has 27 heavy (non-hydrogen) atoms. The van der Waals surface area contributed by atoms with Crippen molar-refractivity contribution in [3.8, 4) is 0 Å². The molecule has 0 N–H and O–H groups in total. The molecule has 1 aromatic rings. The summed E-state index contributed by atoms with van der Waals surface area (Å²) in [7, 11) is -1.71. The maximum Gasteiger partial charge on any atom is 0.346 e. The van der Waals surface area contributed by atoms with E-state index in [2.05, 4.69) is 0 Å². The highest BCUT2D eigenvalue weighted by atomic mass is 32.2. The lowest BCUT2D eigenvalue weighted by molar-refractivity contribution is -0.165. The molecule has 0 aromatic heterocycles. The molecule has 0 aliphatic heterocycles. The predicted octanol–water partition coefficient (Wildman–Crippen LogP) is 4.60. The highest BCUT2D eigenvalue weighted by Crippen LogP contribution is 2.35. The van der Waals surface area contributed by atoms with E-state index in [1.165, 1.54) is 31.0 Å². The summed E-state index contributed by atoms with van der Waals surface area (Å²) in [5.41, 5.74) is -0.768. The van der Waals surface area contributed by atoms with E-state index in [-0.39, 0.29) is 0 Å². The number of rotatable bonds is 10. The minimum Gasteiger partial charge on any atom is -0.630 e. The zero-order valence-electron chi connectivity index (χ0n) is 16.4. The normalized spacial score (nSPS) is 18.1. The van der Waals surface area contributed by atoms with Gasteiger partial charge in [-0.2, -0.15) is 0 Å². The van der Waals surface area contributed by atoms with Crippen molar-refractivity contribution in [1.29, 1.82) is 0 Å². The van der Waals surface area contributed by atoms with Crippen LogP contribution in [0.2, 0.25) is 0 Å². The smallest absolute Gasteiger partial charge is 0.346 e. The number of carbonyl (C=O) groups excluding carboxylic acids is 1. The fraction of sp³-hybridized carbons (Fsp3) is 0.619. The van der Waals surface area contributed by atoms with E-state index in [9.17, 15) is 9.69 Å². The van der Waals surface area contributed by atoms with Gasteiger partial charge < -0.3 is 14.4 Å². The number of ether oxygens (including phenoxy) is 2. The number of esters is 1. The van der Waals surface area contributed by atoms with Gasteiger partial charge in [0.2, 0.25) is 5.60 Å². The van der Waals surface area contributed by atoms with Crippen LogP contribution < -0.4 is 4.89 Å². The molecule has 2 unspecified atom stereocenters. The van der Waals surface area contributed by atoms with Crippen molar-refractivity contribution in [2.75, 3.05) is 18.7 Å². The largest absolute Gasteiger partial charge is 0.630 e. The monoisotopic (exact) mass is 410 g/mol. The van der Waals surface area contributed by atoms with Gasteiger partial charge in [-0.25, -0.2) is 4.79 Å². The molecule has 0 amide bonds. The first-order valence-electron chi connectivity index (χ1n) is 9.88. The molecule has 2 atom stereocenters. The molecule has 1 fully saturated rings. The second-order valence-corrected chi connectivity index (χ2v) is 9.77. The Morgan fingerprint density at radius 3 is 2.56 bits per heavy atom. The summed E-state index contributed by atoms with van der Waals surface area (Å²) in [6, 6.07) is 9.88. The van der Waals surface area contributed by atoms with Crippen molar-refractivity contribution < 1.29 is 19.2 Å². The molecule has 4 nitrogen and oxygen atoms in total. The SMILES string of the molecule is CCOC(=O)C(C=[P+]([O-])CSc1ccccc1)(CC1CCCCC1)OCC. The summed E-state index contributed by atoms with van der Waals surface area (Å²) in [4.78, 5) is 26.7. The highest BCUT2D eigenvalue weighted by molar-refractivity contribution is 8.04. The van der Waals surface area contributed by atoms with Gasteiger partial charge >= 0.3 is 5.97 Å². The molecule has 0 saturated heterocycles. The van der Waals surface area contributed by atoms with Crippen LogP contribution >= 0.6 is 19.5 Å². The van der Waals surface area contributed by atoms with Crippen LogP contribution in [-0.4, -0.2) is 36.1 Å². The molecule has 0 radical (unpaired) electrons. The Morgan fingerprint density at radius 1 is 1.22 bits per heavy atom. The number of thioether (sulfide) groups is 1. The Labute approximate surface area is 168 Å². The standard InChI is InChI=1S/C21H31O4PS/c1-3-24-20(22)21(25-4-2,15-18-11-7-5-8-12-18)16-26(23)17-27-19-13-9-6-10-14-19/h6,9-10,13-14,16,18H,3-5,7-8,11-12,15,17H2,1-2H3. The summed E-state index contributed by atoms with van der Waals surface area (Å²) in [6.45, 7) is 4.34. The molecule has 0 bridgehead atoms. The first kappa shape index (κ1) is 22.4. The summed E-state index contributed by atoms with van der Waals surface area (Å²) >= 11 is 1.54. The Morgan fingerprint density at radius 2 is 1.93 bits per heavy atom. The van der Waals surface area contributed by atoms with E-state index in [0.29, 0.717) is 31.0 Å². The van der Waals surface area contributed by atoms with Crippen LogP contribution in [0.4, 0.5) is 0 Å². The lowest BCUT2D eigenvalue weighted by atomic mass is 9.81. The van der Waals surface area contributed by atoms with Gasteiger partial charge in [-0.1, -0.05) is 62.1 Å². The predicted molar refractivity (Wildman–Crippen MR) is 112 cm³/mol. The number of carbonyl (C=O) groups is 1. The van der Waals surface area contributed by atoms with Crippen LogP contribution in [0.5, 0.6) is 0 Å². The molecule has 1 aliphatic carbocycles.